The van der Waals surface area contributed by atoms with E-state index in [1.807, 2.05) is 24.3 Å². The molecule has 2 aliphatic heterocycles. The normalized spacial score (nSPS) is 18.5. The summed E-state index contributed by atoms with van der Waals surface area (Å²) in [6.45, 7) is 4.86. The highest BCUT2D eigenvalue weighted by Gasteiger charge is 2.32. The topological polar surface area (TPSA) is 53.1 Å². The number of carbonyl (C=O) groups excluding carboxylic acids is 2. The molecular formula is C25H29F2N3O3. The molecule has 1 unspecified atom stereocenters. The maximum atomic E-state index is 14.0. The summed E-state index contributed by atoms with van der Waals surface area (Å²) >= 11 is 0. The third kappa shape index (κ3) is 4.94. The van der Waals surface area contributed by atoms with Gasteiger partial charge in [0.1, 0.15) is 23.5 Å². The van der Waals surface area contributed by atoms with Crippen molar-refractivity contribution in [1.82, 2.24) is 9.80 Å². The zero-order valence-electron chi connectivity index (χ0n) is 19.0. The van der Waals surface area contributed by atoms with E-state index in [-0.39, 0.29) is 23.5 Å². The minimum Gasteiger partial charge on any atom is -0.485 e. The Morgan fingerprint density at radius 3 is 2.55 bits per heavy atom. The number of amides is 2. The molecule has 1 saturated heterocycles. The second kappa shape index (κ2) is 9.77. The number of piperidine rings is 1. The molecule has 0 aromatic heterocycles. The van der Waals surface area contributed by atoms with E-state index in [0.717, 1.165) is 24.0 Å². The zero-order chi connectivity index (χ0) is 23.5. The largest absolute Gasteiger partial charge is 0.485 e. The Kier molecular flexibility index (Phi) is 6.81. The lowest BCUT2D eigenvalue weighted by molar-refractivity contribution is -0.136. The van der Waals surface area contributed by atoms with E-state index < -0.39 is 17.5 Å². The van der Waals surface area contributed by atoms with Crippen LogP contribution >= 0.6 is 0 Å². The van der Waals surface area contributed by atoms with Gasteiger partial charge in [0, 0.05) is 38.7 Å². The van der Waals surface area contributed by atoms with Crippen LogP contribution in [0.3, 0.4) is 0 Å². The number of para-hydroxylation sites is 2. The zero-order valence-corrected chi connectivity index (χ0v) is 19.0. The van der Waals surface area contributed by atoms with Crippen LogP contribution in [0.5, 0.6) is 5.75 Å². The Hall–Kier alpha value is -3.16. The fraction of sp³-hybridized carbons (Fsp3) is 0.440. The molecule has 0 saturated carbocycles. The van der Waals surface area contributed by atoms with Crippen LogP contribution in [0.2, 0.25) is 0 Å². The second-order valence-electron chi connectivity index (χ2n) is 8.66. The van der Waals surface area contributed by atoms with Crippen molar-refractivity contribution in [3.63, 3.8) is 0 Å². The Balaban J connectivity index is 1.32. The molecular weight excluding hydrogens is 428 g/mol. The van der Waals surface area contributed by atoms with Crippen molar-refractivity contribution in [3.8, 4) is 5.75 Å². The van der Waals surface area contributed by atoms with Crippen molar-refractivity contribution < 1.29 is 23.1 Å². The molecule has 2 aromatic carbocycles. The molecule has 0 N–H and O–H groups in total. The lowest BCUT2D eigenvalue weighted by atomic mass is 9.94. The summed E-state index contributed by atoms with van der Waals surface area (Å²) in [5.41, 5.74) is 0.924. The summed E-state index contributed by atoms with van der Waals surface area (Å²) in [5.74, 6) is -1.40. The lowest BCUT2D eigenvalue weighted by Gasteiger charge is -2.38. The van der Waals surface area contributed by atoms with Gasteiger partial charge in [-0.05, 0) is 44.0 Å². The van der Waals surface area contributed by atoms with Crippen LogP contribution in [0.4, 0.5) is 14.5 Å². The fourth-order valence-corrected chi connectivity index (χ4v) is 4.64. The van der Waals surface area contributed by atoms with Crippen molar-refractivity contribution in [2.24, 2.45) is 5.92 Å². The molecule has 176 valence electrons. The number of hydrogen-bond acceptors (Lipinski definition) is 4. The number of likely N-dealkylation sites (N-methyl/N-ethyl adjacent to an activating group) is 2. The number of halogens is 2. The SMILES string of the molecule is CCN1CC(CN(C)C(=O)C2CCN(C(=O)c3ccc(F)cc3F)CC2)Oc2ccccc21. The predicted octanol–water partition coefficient (Wildman–Crippen LogP) is 3.56. The fourth-order valence-electron chi connectivity index (χ4n) is 4.64. The van der Waals surface area contributed by atoms with Gasteiger partial charge in [-0.25, -0.2) is 8.78 Å². The number of fused-ring (bicyclic) bond motifs is 1. The molecule has 0 bridgehead atoms. The van der Waals surface area contributed by atoms with Crippen molar-refractivity contribution in [3.05, 3.63) is 59.7 Å². The minimum absolute atomic E-state index is 0.0283. The van der Waals surface area contributed by atoms with Crippen LogP contribution in [0.1, 0.15) is 30.1 Å². The summed E-state index contributed by atoms with van der Waals surface area (Å²) in [5, 5.41) is 0. The number of anilines is 1. The van der Waals surface area contributed by atoms with Crippen LogP contribution in [-0.2, 0) is 4.79 Å². The molecule has 1 atom stereocenters. The van der Waals surface area contributed by atoms with Gasteiger partial charge in [-0.2, -0.15) is 0 Å². The third-order valence-corrected chi connectivity index (χ3v) is 6.45. The number of nitrogens with zero attached hydrogens (tertiary/aromatic N) is 3. The number of carbonyl (C=O) groups is 2. The highest BCUT2D eigenvalue weighted by Crippen LogP contribution is 2.33. The van der Waals surface area contributed by atoms with Crippen molar-refractivity contribution in [1.29, 1.82) is 0 Å². The average molecular weight is 458 g/mol. The molecule has 8 heteroatoms. The summed E-state index contributed by atoms with van der Waals surface area (Å²) in [7, 11) is 1.79. The summed E-state index contributed by atoms with van der Waals surface area (Å²) < 4.78 is 33.2. The number of benzene rings is 2. The van der Waals surface area contributed by atoms with Crippen LogP contribution in [0, 0.1) is 17.6 Å². The molecule has 6 nitrogen and oxygen atoms in total. The highest BCUT2D eigenvalue weighted by atomic mass is 19.1. The van der Waals surface area contributed by atoms with Gasteiger partial charge in [0.2, 0.25) is 5.91 Å². The van der Waals surface area contributed by atoms with E-state index in [1.54, 1.807) is 11.9 Å². The van der Waals surface area contributed by atoms with E-state index in [2.05, 4.69) is 11.8 Å². The molecule has 2 amide bonds. The minimum atomic E-state index is -0.867. The molecule has 2 aliphatic rings. The molecule has 1 fully saturated rings. The number of hydrogen-bond donors (Lipinski definition) is 0. The van der Waals surface area contributed by atoms with Crippen LogP contribution in [0.25, 0.3) is 0 Å². The molecule has 0 spiro atoms. The van der Waals surface area contributed by atoms with Gasteiger partial charge in [-0.1, -0.05) is 12.1 Å². The molecule has 0 radical (unpaired) electrons. The Morgan fingerprint density at radius 2 is 1.85 bits per heavy atom. The van der Waals surface area contributed by atoms with Crippen molar-refractivity contribution in [2.45, 2.75) is 25.9 Å². The Morgan fingerprint density at radius 1 is 1.12 bits per heavy atom. The molecule has 0 aliphatic carbocycles. The quantitative estimate of drug-likeness (QED) is 0.689. The van der Waals surface area contributed by atoms with Crippen LogP contribution < -0.4 is 9.64 Å². The molecule has 2 heterocycles. The van der Waals surface area contributed by atoms with Gasteiger partial charge in [0.15, 0.2) is 0 Å². The summed E-state index contributed by atoms with van der Waals surface area (Å²) in [4.78, 5) is 31.2. The number of rotatable bonds is 5. The van der Waals surface area contributed by atoms with E-state index in [9.17, 15) is 18.4 Å². The van der Waals surface area contributed by atoms with Crippen molar-refractivity contribution in [2.75, 3.05) is 44.7 Å². The van der Waals surface area contributed by atoms with Gasteiger partial charge in [0.25, 0.3) is 5.91 Å². The first-order valence-corrected chi connectivity index (χ1v) is 11.4. The smallest absolute Gasteiger partial charge is 0.256 e. The summed E-state index contributed by atoms with van der Waals surface area (Å²) in [6, 6.07) is 10.9. The number of likely N-dealkylation sites (tertiary alicyclic amines) is 1. The first-order chi connectivity index (χ1) is 15.9. The van der Waals surface area contributed by atoms with Gasteiger partial charge in [-0.3, -0.25) is 9.59 Å². The first-order valence-electron chi connectivity index (χ1n) is 11.4. The lowest BCUT2D eigenvalue weighted by Crippen LogP contribution is -2.49. The highest BCUT2D eigenvalue weighted by molar-refractivity contribution is 5.94. The molecule has 4 rings (SSSR count). The maximum Gasteiger partial charge on any atom is 0.256 e. The Bertz CT molecular complexity index is 1020. The van der Waals surface area contributed by atoms with Crippen LogP contribution in [0.15, 0.2) is 42.5 Å². The van der Waals surface area contributed by atoms with Gasteiger partial charge >= 0.3 is 0 Å². The monoisotopic (exact) mass is 457 g/mol. The summed E-state index contributed by atoms with van der Waals surface area (Å²) in [6.07, 6.45) is 0.886. The predicted molar refractivity (Wildman–Crippen MR) is 121 cm³/mol. The van der Waals surface area contributed by atoms with E-state index >= 15 is 0 Å². The van der Waals surface area contributed by atoms with Crippen molar-refractivity contribution >= 4 is 17.5 Å². The van der Waals surface area contributed by atoms with E-state index in [0.29, 0.717) is 45.1 Å². The molecule has 2 aromatic rings. The number of ether oxygens (including phenoxy) is 1. The maximum absolute atomic E-state index is 14.0. The Labute approximate surface area is 192 Å². The molecule has 33 heavy (non-hydrogen) atoms. The third-order valence-electron chi connectivity index (χ3n) is 6.45. The van der Waals surface area contributed by atoms with Gasteiger partial charge in [0.05, 0.1) is 24.3 Å². The van der Waals surface area contributed by atoms with Gasteiger partial charge in [-0.15, -0.1) is 0 Å². The second-order valence-corrected chi connectivity index (χ2v) is 8.66. The average Bonchev–Trinajstić information content (AvgIpc) is 2.82. The standard InChI is InChI=1S/C25H29F2N3O3/c1-3-29-16-19(33-23-7-5-4-6-22(23)29)15-28(2)24(31)17-10-12-30(13-11-17)25(32)20-9-8-18(26)14-21(20)27/h4-9,14,17,19H,3,10-13,15-16H2,1-2H3. The van der Waals surface area contributed by atoms with E-state index in [4.69, 9.17) is 4.74 Å². The van der Waals surface area contributed by atoms with Gasteiger partial charge < -0.3 is 19.4 Å². The van der Waals surface area contributed by atoms with Crippen LogP contribution in [-0.4, -0.2) is 67.5 Å². The van der Waals surface area contributed by atoms with E-state index in [1.165, 1.54) is 11.0 Å². The first kappa shape index (κ1) is 23.0.